The quantitative estimate of drug-likeness (QED) is 0.516. The van der Waals surface area contributed by atoms with Gasteiger partial charge in [0.25, 0.3) is 0 Å². The van der Waals surface area contributed by atoms with Crippen LogP contribution in [0.5, 0.6) is 0 Å². The first kappa shape index (κ1) is 24.3. The minimum Gasteiger partial charge on any atom is -0.396 e. The third-order valence-electron chi connectivity index (χ3n) is 12.1. The fourth-order valence-corrected chi connectivity index (χ4v) is 10.4. The summed E-state index contributed by atoms with van der Waals surface area (Å²) in [4.78, 5) is 2.67. The standard InChI is InChI=1S/C30H51NO2/c1-20(17-31-16-6-7-21(18-31)19-32)23-9-10-24-22-8-11-26-28(2,3)27(33)13-15-30(26,5)25(22)12-14-29(23,24)4/h11,20-25,27,32-33H,6-10,12-19H2,1-5H3/t20-,21?,22+,23-,24+,25+,27+,29-,30-/m1/s1. The van der Waals surface area contributed by atoms with E-state index in [1.54, 1.807) is 5.57 Å². The molecule has 0 spiro atoms. The van der Waals surface area contributed by atoms with Gasteiger partial charge in [-0.25, -0.2) is 0 Å². The first-order valence-corrected chi connectivity index (χ1v) is 14.3. The average molecular weight is 458 g/mol. The van der Waals surface area contributed by atoms with E-state index in [9.17, 15) is 10.2 Å². The lowest BCUT2D eigenvalue weighted by molar-refractivity contribution is -0.0792. The Bertz CT molecular complexity index is 760. The van der Waals surface area contributed by atoms with Crippen molar-refractivity contribution in [3.8, 4) is 0 Å². The van der Waals surface area contributed by atoms with Gasteiger partial charge in [0.15, 0.2) is 0 Å². The summed E-state index contributed by atoms with van der Waals surface area (Å²) in [6.45, 7) is 16.3. The predicted octanol–water partition coefficient (Wildman–Crippen LogP) is 5.90. The molecule has 3 saturated carbocycles. The number of hydrogen-bond donors (Lipinski definition) is 2. The first-order chi connectivity index (χ1) is 15.6. The smallest absolute Gasteiger partial charge is 0.0628 e. The molecule has 2 N–H and O–H groups in total. The molecule has 0 bridgehead atoms. The molecule has 0 aromatic heterocycles. The Labute approximate surface area is 203 Å². The van der Waals surface area contributed by atoms with Crippen LogP contribution in [-0.4, -0.2) is 47.5 Å². The van der Waals surface area contributed by atoms with E-state index >= 15 is 0 Å². The number of nitrogens with zero attached hydrogens (tertiary/aromatic N) is 1. The van der Waals surface area contributed by atoms with Gasteiger partial charge >= 0.3 is 0 Å². The molecule has 4 aliphatic carbocycles. The van der Waals surface area contributed by atoms with Crippen LogP contribution in [0.4, 0.5) is 0 Å². The highest BCUT2D eigenvalue weighted by Crippen LogP contribution is 2.68. The van der Waals surface area contributed by atoms with E-state index in [0.717, 1.165) is 42.6 Å². The number of likely N-dealkylation sites (tertiary alicyclic amines) is 1. The summed E-state index contributed by atoms with van der Waals surface area (Å²) in [5, 5.41) is 20.4. The second kappa shape index (κ2) is 8.63. The third-order valence-corrected chi connectivity index (χ3v) is 12.1. The Hall–Kier alpha value is -0.380. The van der Waals surface area contributed by atoms with E-state index in [0.29, 0.717) is 23.4 Å². The van der Waals surface area contributed by atoms with Crippen molar-refractivity contribution in [2.45, 2.75) is 98.5 Å². The maximum atomic E-state index is 10.8. The molecule has 33 heavy (non-hydrogen) atoms. The number of allylic oxidation sites excluding steroid dienone is 1. The van der Waals surface area contributed by atoms with Gasteiger partial charge in [-0.3, -0.25) is 0 Å². The van der Waals surface area contributed by atoms with Crippen molar-refractivity contribution in [1.29, 1.82) is 0 Å². The van der Waals surface area contributed by atoms with Gasteiger partial charge in [0.1, 0.15) is 0 Å². The van der Waals surface area contributed by atoms with Crippen molar-refractivity contribution >= 4 is 0 Å². The number of piperidine rings is 1. The van der Waals surface area contributed by atoms with Crippen LogP contribution in [0.15, 0.2) is 11.6 Å². The first-order valence-electron chi connectivity index (χ1n) is 14.3. The van der Waals surface area contributed by atoms with Gasteiger partial charge in [-0.15, -0.1) is 0 Å². The molecule has 1 saturated heterocycles. The maximum absolute atomic E-state index is 10.8. The van der Waals surface area contributed by atoms with Crippen LogP contribution in [0.25, 0.3) is 0 Å². The van der Waals surface area contributed by atoms with E-state index in [2.05, 4.69) is 45.6 Å². The summed E-state index contributed by atoms with van der Waals surface area (Å²) in [6.07, 6.45) is 13.9. The van der Waals surface area contributed by atoms with Crippen molar-refractivity contribution in [2.24, 2.45) is 51.8 Å². The maximum Gasteiger partial charge on any atom is 0.0628 e. The summed E-state index contributed by atoms with van der Waals surface area (Å²) < 4.78 is 0. The van der Waals surface area contributed by atoms with Crippen LogP contribution in [0, 0.1) is 51.8 Å². The van der Waals surface area contributed by atoms with Crippen LogP contribution in [0.3, 0.4) is 0 Å². The summed E-state index contributed by atoms with van der Waals surface area (Å²) in [7, 11) is 0. The Morgan fingerprint density at radius 2 is 1.82 bits per heavy atom. The number of fused-ring (bicyclic) bond motifs is 5. The SMILES string of the molecule is C[C@H](CN1CCCC(CO)C1)[C@H]1CC[C@H]2[C@@H]3CC=C4C(C)(C)[C@@H](O)CC[C@]4(C)[C@H]3CC[C@]12C. The fraction of sp³-hybridized carbons (Fsp3) is 0.933. The number of rotatable bonds is 4. The second-order valence-corrected chi connectivity index (χ2v) is 14.1. The van der Waals surface area contributed by atoms with E-state index in [1.165, 1.54) is 64.5 Å². The molecule has 188 valence electrons. The molecular weight excluding hydrogens is 406 g/mol. The molecular formula is C30H51NO2. The summed E-state index contributed by atoms with van der Waals surface area (Å²) in [5.74, 6) is 4.62. The summed E-state index contributed by atoms with van der Waals surface area (Å²) >= 11 is 0. The fourth-order valence-electron chi connectivity index (χ4n) is 10.4. The molecule has 0 aromatic carbocycles. The van der Waals surface area contributed by atoms with Crippen LogP contribution >= 0.6 is 0 Å². The molecule has 3 heteroatoms. The van der Waals surface area contributed by atoms with Crippen LogP contribution in [-0.2, 0) is 0 Å². The third kappa shape index (κ3) is 3.78. The topological polar surface area (TPSA) is 43.7 Å². The molecule has 1 heterocycles. The molecule has 3 nitrogen and oxygen atoms in total. The van der Waals surface area contributed by atoms with Crippen molar-refractivity contribution < 1.29 is 10.2 Å². The van der Waals surface area contributed by atoms with Crippen molar-refractivity contribution in [2.75, 3.05) is 26.2 Å². The molecule has 1 unspecified atom stereocenters. The monoisotopic (exact) mass is 457 g/mol. The van der Waals surface area contributed by atoms with Gasteiger partial charge in [-0.1, -0.05) is 46.3 Å². The number of hydrogen-bond acceptors (Lipinski definition) is 3. The highest BCUT2D eigenvalue weighted by atomic mass is 16.3. The molecule has 9 atom stereocenters. The van der Waals surface area contributed by atoms with Crippen LogP contribution in [0.1, 0.15) is 92.4 Å². The molecule has 1 aliphatic heterocycles. The zero-order valence-electron chi connectivity index (χ0n) is 22.2. The second-order valence-electron chi connectivity index (χ2n) is 14.1. The summed E-state index contributed by atoms with van der Waals surface area (Å²) in [6, 6.07) is 0. The zero-order chi connectivity index (χ0) is 23.6. The number of aliphatic hydroxyl groups excluding tert-OH is 2. The van der Waals surface area contributed by atoms with E-state index < -0.39 is 0 Å². The molecule has 5 aliphatic rings. The van der Waals surface area contributed by atoms with Gasteiger partial charge in [-0.05, 0) is 111 Å². The largest absolute Gasteiger partial charge is 0.396 e. The summed E-state index contributed by atoms with van der Waals surface area (Å²) in [5.41, 5.74) is 2.32. The van der Waals surface area contributed by atoms with E-state index in [1.807, 2.05) is 0 Å². The van der Waals surface area contributed by atoms with Gasteiger partial charge in [-0.2, -0.15) is 0 Å². The minimum atomic E-state index is -0.181. The van der Waals surface area contributed by atoms with Crippen molar-refractivity contribution in [3.63, 3.8) is 0 Å². The number of aliphatic hydroxyl groups is 2. The molecule has 0 amide bonds. The van der Waals surface area contributed by atoms with Gasteiger partial charge < -0.3 is 15.1 Å². The van der Waals surface area contributed by atoms with Gasteiger partial charge in [0, 0.05) is 25.1 Å². The Morgan fingerprint density at radius 3 is 2.58 bits per heavy atom. The Balaban J connectivity index is 1.33. The van der Waals surface area contributed by atoms with E-state index in [-0.39, 0.29) is 11.5 Å². The Kier molecular flexibility index (Phi) is 6.36. The molecule has 4 fully saturated rings. The van der Waals surface area contributed by atoms with Crippen molar-refractivity contribution in [1.82, 2.24) is 4.90 Å². The van der Waals surface area contributed by atoms with E-state index in [4.69, 9.17) is 0 Å². The van der Waals surface area contributed by atoms with Crippen LogP contribution < -0.4 is 0 Å². The van der Waals surface area contributed by atoms with Crippen LogP contribution in [0.2, 0.25) is 0 Å². The zero-order valence-corrected chi connectivity index (χ0v) is 22.2. The van der Waals surface area contributed by atoms with Crippen molar-refractivity contribution in [3.05, 3.63) is 11.6 Å². The Morgan fingerprint density at radius 1 is 1.03 bits per heavy atom. The van der Waals surface area contributed by atoms with Gasteiger partial charge in [0.2, 0.25) is 0 Å². The lowest BCUT2D eigenvalue weighted by atomic mass is 9.44. The molecule has 0 radical (unpaired) electrons. The predicted molar refractivity (Wildman–Crippen MR) is 136 cm³/mol. The average Bonchev–Trinajstić information content (AvgIpc) is 3.14. The normalized spacial score (nSPS) is 48.4. The highest BCUT2D eigenvalue weighted by Gasteiger charge is 2.61. The van der Waals surface area contributed by atoms with Gasteiger partial charge in [0.05, 0.1) is 6.10 Å². The molecule has 5 rings (SSSR count). The molecule has 0 aromatic rings. The highest BCUT2D eigenvalue weighted by molar-refractivity contribution is 5.31. The lowest BCUT2D eigenvalue weighted by Crippen LogP contribution is -2.54. The lowest BCUT2D eigenvalue weighted by Gasteiger charge is -2.61. The minimum absolute atomic E-state index is 0.0632.